The van der Waals surface area contributed by atoms with Gasteiger partial charge in [-0.25, -0.2) is 0 Å². The van der Waals surface area contributed by atoms with Crippen molar-refractivity contribution in [2.24, 2.45) is 5.11 Å². The molecule has 0 aliphatic carbocycles. The van der Waals surface area contributed by atoms with Crippen LogP contribution in [0.3, 0.4) is 0 Å². The lowest BCUT2D eigenvalue weighted by molar-refractivity contribution is -0.279. The molecular weight excluding hydrogens is 324 g/mol. The Morgan fingerprint density at radius 2 is 1.96 bits per heavy atom. The van der Waals surface area contributed by atoms with Crippen molar-refractivity contribution in [3.63, 3.8) is 0 Å². The van der Waals surface area contributed by atoms with Crippen LogP contribution in [0.4, 0.5) is 5.69 Å². The molecular formula is C13H16N4O7. The maximum atomic E-state index is 12.0. The van der Waals surface area contributed by atoms with Gasteiger partial charge in [-0.1, -0.05) is 11.2 Å². The molecule has 130 valence electrons. The van der Waals surface area contributed by atoms with Crippen LogP contribution in [0.1, 0.15) is 10.4 Å². The van der Waals surface area contributed by atoms with E-state index in [-0.39, 0.29) is 17.8 Å². The van der Waals surface area contributed by atoms with Crippen molar-refractivity contribution in [1.82, 2.24) is 5.32 Å². The highest BCUT2D eigenvalue weighted by Gasteiger charge is 2.42. The van der Waals surface area contributed by atoms with Crippen LogP contribution >= 0.6 is 0 Å². The highest BCUT2D eigenvalue weighted by molar-refractivity contribution is 5.97. The van der Waals surface area contributed by atoms with Gasteiger partial charge in [-0.15, -0.1) is 0 Å². The minimum absolute atomic E-state index is 0.113. The highest BCUT2D eigenvalue weighted by atomic mass is 16.6. The van der Waals surface area contributed by atoms with Crippen LogP contribution in [-0.2, 0) is 4.74 Å². The first-order valence-electron chi connectivity index (χ1n) is 6.89. The second-order valence-electron chi connectivity index (χ2n) is 5.14. The first kappa shape index (κ1) is 17.9. The third kappa shape index (κ3) is 3.74. The van der Waals surface area contributed by atoms with E-state index < -0.39 is 42.4 Å². The van der Waals surface area contributed by atoms with Crippen LogP contribution < -0.4 is 5.32 Å². The van der Waals surface area contributed by atoms with Gasteiger partial charge in [0.2, 0.25) is 0 Å². The molecule has 1 aliphatic rings. The predicted octanol–water partition coefficient (Wildman–Crippen LogP) is -1.14. The van der Waals surface area contributed by atoms with Crippen molar-refractivity contribution in [2.45, 2.75) is 30.7 Å². The number of carbonyl (C=O) groups excluding carboxylic acids is 1. The van der Waals surface area contributed by atoms with E-state index in [9.17, 15) is 30.3 Å². The Morgan fingerprint density at radius 3 is 2.58 bits per heavy atom. The molecule has 1 aromatic rings. The normalized spacial score (nSPS) is 29.6. The van der Waals surface area contributed by atoms with Gasteiger partial charge in [0, 0.05) is 17.1 Å². The number of ether oxygens (including phenoxy) is 1. The number of carbonyl (C=O) groups is 1. The number of hydrogen-bond acceptors (Lipinski definition) is 8. The number of phenols is 1. The van der Waals surface area contributed by atoms with Crippen molar-refractivity contribution in [2.75, 3.05) is 6.54 Å². The second kappa shape index (κ2) is 7.45. The molecule has 1 aromatic carbocycles. The molecule has 0 aromatic heterocycles. The summed E-state index contributed by atoms with van der Waals surface area (Å²) in [6, 6.07) is 3.66. The summed E-state index contributed by atoms with van der Waals surface area (Å²) in [5.41, 5.74) is 8.32. The van der Waals surface area contributed by atoms with E-state index in [1.165, 1.54) is 12.1 Å². The standard InChI is InChI=1S/C13H16N4O7/c14-17-16-5-1-2-6(7(18)3-5)12(22)15-4-8-9(19)10(20)11(21)13(23)24-8/h1-3,8-11,13,18-21,23H,4H2,(H,15,22)/t8-,9+,10-,11-,13+/m0/s1. The number of azide groups is 1. The summed E-state index contributed by atoms with van der Waals surface area (Å²) < 4.78 is 4.91. The van der Waals surface area contributed by atoms with Crippen molar-refractivity contribution < 1.29 is 35.1 Å². The van der Waals surface area contributed by atoms with Crippen molar-refractivity contribution in [1.29, 1.82) is 0 Å². The fraction of sp³-hybridized carbons (Fsp3) is 0.462. The summed E-state index contributed by atoms with van der Waals surface area (Å²) in [6.45, 7) is -0.293. The van der Waals surface area contributed by atoms with Gasteiger partial charge in [0.05, 0.1) is 5.56 Å². The van der Waals surface area contributed by atoms with Crippen molar-refractivity contribution >= 4 is 11.6 Å². The average molecular weight is 340 g/mol. The SMILES string of the molecule is [N-]=[N+]=Nc1ccc(C(=O)NC[C@@H]2O[C@@H](O)[C@@H](O)[C@@H](O)[C@@H]2O)c(O)c1. The summed E-state index contributed by atoms with van der Waals surface area (Å²) in [6.07, 6.45) is -7.69. The van der Waals surface area contributed by atoms with Crippen LogP contribution in [0.2, 0.25) is 0 Å². The average Bonchev–Trinajstić information content (AvgIpc) is 2.55. The number of amides is 1. The van der Waals surface area contributed by atoms with E-state index >= 15 is 0 Å². The monoisotopic (exact) mass is 340 g/mol. The van der Waals surface area contributed by atoms with Gasteiger partial charge in [-0.05, 0) is 17.7 Å². The molecule has 11 nitrogen and oxygen atoms in total. The molecule has 0 spiro atoms. The molecule has 1 amide bonds. The Hall–Kier alpha value is -2.40. The summed E-state index contributed by atoms with van der Waals surface area (Å²) in [4.78, 5) is 14.6. The smallest absolute Gasteiger partial charge is 0.255 e. The fourth-order valence-corrected chi connectivity index (χ4v) is 2.21. The minimum atomic E-state index is -1.71. The minimum Gasteiger partial charge on any atom is -0.507 e. The van der Waals surface area contributed by atoms with Crippen molar-refractivity contribution in [3.8, 4) is 5.75 Å². The summed E-state index contributed by atoms with van der Waals surface area (Å²) in [7, 11) is 0. The first-order chi connectivity index (χ1) is 11.3. The van der Waals surface area contributed by atoms with Gasteiger partial charge in [0.1, 0.15) is 30.2 Å². The number of phenolic OH excluding ortho intramolecular Hbond substituents is 1. The second-order valence-corrected chi connectivity index (χ2v) is 5.14. The largest absolute Gasteiger partial charge is 0.507 e. The van der Waals surface area contributed by atoms with E-state index in [0.29, 0.717) is 0 Å². The number of benzene rings is 1. The van der Waals surface area contributed by atoms with Gasteiger partial charge in [0.15, 0.2) is 6.29 Å². The molecule has 2 rings (SSSR count). The van der Waals surface area contributed by atoms with Crippen LogP contribution in [0.5, 0.6) is 5.75 Å². The van der Waals surface area contributed by atoms with Gasteiger partial charge >= 0.3 is 0 Å². The predicted molar refractivity (Wildman–Crippen MR) is 78.1 cm³/mol. The lowest BCUT2D eigenvalue weighted by atomic mass is 9.99. The Labute approximate surface area is 135 Å². The van der Waals surface area contributed by atoms with Gasteiger partial charge in [0.25, 0.3) is 5.91 Å². The number of hydrogen-bond donors (Lipinski definition) is 6. The molecule has 1 heterocycles. The van der Waals surface area contributed by atoms with E-state index in [1.54, 1.807) is 0 Å². The Bertz CT molecular complexity index is 664. The lowest BCUT2D eigenvalue weighted by Crippen LogP contribution is -2.60. The quantitative estimate of drug-likeness (QED) is 0.227. The summed E-state index contributed by atoms with van der Waals surface area (Å²) >= 11 is 0. The van der Waals surface area contributed by atoms with Crippen molar-refractivity contribution in [3.05, 3.63) is 34.2 Å². The Balaban J connectivity index is 2.01. The van der Waals surface area contributed by atoms with E-state index in [2.05, 4.69) is 15.3 Å². The summed E-state index contributed by atoms with van der Waals surface area (Å²) in [5.74, 6) is -1.14. The molecule has 1 aliphatic heterocycles. The molecule has 0 unspecified atom stereocenters. The molecule has 11 heteroatoms. The molecule has 5 atom stereocenters. The number of aliphatic hydroxyl groups excluding tert-OH is 4. The number of nitrogens with zero attached hydrogens (tertiary/aromatic N) is 3. The van der Waals surface area contributed by atoms with Crippen LogP contribution in [0.25, 0.3) is 10.4 Å². The van der Waals surface area contributed by atoms with E-state index in [4.69, 9.17) is 10.3 Å². The van der Waals surface area contributed by atoms with Crippen LogP contribution in [0.15, 0.2) is 23.3 Å². The van der Waals surface area contributed by atoms with Crippen LogP contribution in [0, 0.1) is 0 Å². The number of nitrogens with one attached hydrogen (secondary N) is 1. The first-order valence-corrected chi connectivity index (χ1v) is 6.89. The summed E-state index contributed by atoms with van der Waals surface area (Å²) in [5, 5.41) is 53.5. The number of aromatic hydroxyl groups is 1. The molecule has 1 fully saturated rings. The number of rotatable bonds is 4. The maximum Gasteiger partial charge on any atom is 0.255 e. The van der Waals surface area contributed by atoms with E-state index in [1.807, 2.05) is 0 Å². The maximum absolute atomic E-state index is 12.0. The Morgan fingerprint density at radius 1 is 1.25 bits per heavy atom. The zero-order chi connectivity index (χ0) is 17.9. The number of aliphatic hydroxyl groups is 4. The third-order valence-electron chi connectivity index (χ3n) is 3.54. The fourth-order valence-electron chi connectivity index (χ4n) is 2.21. The Kier molecular flexibility index (Phi) is 5.57. The lowest BCUT2D eigenvalue weighted by Gasteiger charge is -2.38. The molecule has 0 saturated carbocycles. The molecule has 0 bridgehead atoms. The van der Waals surface area contributed by atoms with Gasteiger partial charge in [-0.3, -0.25) is 4.79 Å². The molecule has 6 N–H and O–H groups in total. The topological polar surface area (TPSA) is 188 Å². The molecule has 1 saturated heterocycles. The van der Waals surface area contributed by atoms with Gasteiger partial charge < -0.3 is 35.6 Å². The highest BCUT2D eigenvalue weighted by Crippen LogP contribution is 2.24. The van der Waals surface area contributed by atoms with Gasteiger partial charge in [-0.2, -0.15) is 0 Å². The van der Waals surface area contributed by atoms with Crippen LogP contribution in [-0.4, -0.2) is 68.7 Å². The third-order valence-corrected chi connectivity index (χ3v) is 3.54. The molecule has 24 heavy (non-hydrogen) atoms. The molecule has 0 radical (unpaired) electrons. The zero-order valence-corrected chi connectivity index (χ0v) is 12.2. The van der Waals surface area contributed by atoms with E-state index in [0.717, 1.165) is 6.07 Å². The zero-order valence-electron chi connectivity index (χ0n) is 12.2.